The van der Waals surface area contributed by atoms with Gasteiger partial charge in [-0.05, 0) is 6.92 Å². The fourth-order valence-corrected chi connectivity index (χ4v) is 0.283. The van der Waals surface area contributed by atoms with E-state index in [9.17, 15) is 9.59 Å². The number of hydrogen-bond acceptors (Lipinski definition) is 2. The molecule has 0 unspecified atom stereocenters. The summed E-state index contributed by atoms with van der Waals surface area (Å²) in [6.45, 7) is 1.38. The molecule has 0 radical (unpaired) electrons. The quantitative estimate of drug-likeness (QED) is 0.689. The Labute approximate surface area is 103 Å². The topological polar surface area (TPSA) is 54.4 Å². The Bertz CT molecular complexity index is 96.8. The molecule has 0 aromatic carbocycles. The van der Waals surface area contributed by atoms with Gasteiger partial charge in [0, 0.05) is 6.42 Å². The van der Waals surface area contributed by atoms with E-state index >= 15 is 0 Å². The van der Waals surface area contributed by atoms with Crippen LogP contribution < -0.4 is 0 Å². The molecule has 0 spiro atoms. The molecule has 0 bridgehead atoms. The molecule has 3 nitrogen and oxygen atoms in total. The van der Waals surface area contributed by atoms with Crippen molar-refractivity contribution >= 4 is 69.9 Å². The van der Waals surface area contributed by atoms with Crippen molar-refractivity contribution < 1.29 is 14.7 Å². The number of carboxylic acids is 1. The molecule has 0 rings (SSSR count). The number of aliphatic carboxylic acids is 1. The van der Waals surface area contributed by atoms with Crippen LogP contribution in [0.3, 0.4) is 0 Å². The van der Waals surface area contributed by atoms with Crippen LogP contribution in [-0.4, -0.2) is 75.0 Å². The maximum atomic E-state index is 10.1. The van der Waals surface area contributed by atoms with Crippen molar-refractivity contribution in [3.8, 4) is 0 Å². The summed E-state index contributed by atoms with van der Waals surface area (Å²) in [7, 11) is 0. The van der Waals surface area contributed by atoms with Crippen molar-refractivity contribution in [1.29, 1.82) is 0 Å². The van der Waals surface area contributed by atoms with Gasteiger partial charge in [-0.3, -0.25) is 4.79 Å². The number of hydrogen-bond donors (Lipinski definition) is 1. The average Bonchev–Trinajstić information content (AvgIpc) is 1.61. The third kappa shape index (κ3) is 12.2. The molecule has 0 saturated heterocycles. The van der Waals surface area contributed by atoms with Crippen molar-refractivity contribution in [1.82, 2.24) is 0 Å². The van der Waals surface area contributed by atoms with Gasteiger partial charge in [-0.2, -0.15) is 0 Å². The first-order chi connectivity index (χ1) is 3.63. The van der Waals surface area contributed by atoms with Gasteiger partial charge in [-0.25, -0.2) is 0 Å². The van der Waals surface area contributed by atoms with Crippen LogP contribution in [0.15, 0.2) is 0 Å². The van der Waals surface area contributed by atoms with E-state index in [1.54, 1.807) is 0 Å². The molecule has 0 heterocycles. The second-order valence-electron chi connectivity index (χ2n) is 1.60. The predicted octanol–water partition coefficient (Wildman–Crippen LogP) is -0.208. The van der Waals surface area contributed by atoms with Gasteiger partial charge < -0.3 is 9.90 Å². The van der Waals surface area contributed by atoms with Gasteiger partial charge in [0.25, 0.3) is 0 Å². The Morgan fingerprint density at radius 3 is 1.89 bits per heavy atom. The molecule has 0 amide bonds. The fraction of sp³-hybridized carbons (Fsp3) is 0.600. The minimum absolute atomic E-state index is 0. The first-order valence-corrected chi connectivity index (χ1v) is 2.34. The van der Waals surface area contributed by atoms with Crippen LogP contribution in [0.2, 0.25) is 0 Å². The fourth-order valence-electron chi connectivity index (χ4n) is 0.283. The second-order valence-corrected chi connectivity index (χ2v) is 1.60. The van der Waals surface area contributed by atoms with Crippen LogP contribution in [0.5, 0.6) is 0 Å². The standard InChI is InChI=1S/C5H8O3.Rb.H/c1-4(6)2-3-5(7)8;;/h2-3H2,1H3,(H,7,8);;. The SMILES string of the molecule is CC(=O)CCC(=O)O.[RbH]. The Morgan fingerprint density at radius 2 is 1.78 bits per heavy atom. The van der Waals surface area contributed by atoms with Gasteiger partial charge in [0.05, 0.1) is 6.42 Å². The Morgan fingerprint density at radius 1 is 1.33 bits per heavy atom. The van der Waals surface area contributed by atoms with Crippen molar-refractivity contribution in [3.63, 3.8) is 0 Å². The zero-order valence-corrected chi connectivity index (χ0v) is 4.68. The summed E-state index contributed by atoms with van der Waals surface area (Å²) in [4.78, 5) is 19.8. The van der Waals surface area contributed by atoms with Gasteiger partial charge in [0.1, 0.15) is 5.78 Å². The van der Waals surface area contributed by atoms with E-state index in [4.69, 9.17) is 5.11 Å². The number of carbonyl (C=O) groups excluding carboxylic acids is 1. The third-order valence-corrected chi connectivity index (χ3v) is 0.691. The first-order valence-electron chi connectivity index (χ1n) is 2.34. The molecule has 0 aliphatic heterocycles. The summed E-state index contributed by atoms with van der Waals surface area (Å²) in [6.07, 6.45) is 0.102. The van der Waals surface area contributed by atoms with Crippen molar-refractivity contribution in [3.05, 3.63) is 0 Å². The van der Waals surface area contributed by atoms with Crippen molar-refractivity contribution in [2.45, 2.75) is 19.8 Å². The summed E-state index contributed by atoms with van der Waals surface area (Å²) >= 11 is 0. The van der Waals surface area contributed by atoms with Crippen LogP contribution in [-0.2, 0) is 9.59 Å². The maximum absolute atomic E-state index is 10.1. The number of rotatable bonds is 3. The number of carboxylic acid groups (broad SMARTS) is 1. The number of ketones is 1. The molecule has 0 aromatic rings. The molecule has 0 aliphatic rings. The molecule has 0 saturated carbocycles. The molecule has 0 fully saturated rings. The van der Waals surface area contributed by atoms with E-state index in [-0.39, 0.29) is 76.8 Å². The number of Topliss-reactive ketones (excluding diaryl/α,β-unsaturated/α-hetero) is 1. The molecule has 0 aliphatic carbocycles. The van der Waals surface area contributed by atoms with E-state index in [0.717, 1.165) is 0 Å². The predicted molar refractivity (Wildman–Crippen MR) is 34.7 cm³/mol. The van der Waals surface area contributed by atoms with Crippen LogP contribution in [0.25, 0.3) is 0 Å². The van der Waals surface area contributed by atoms with Crippen LogP contribution in [0, 0.1) is 0 Å². The summed E-state index contributed by atoms with van der Waals surface area (Å²) < 4.78 is 0. The Kier molecular flexibility index (Phi) is 9.88. The van der Waals surface area contributed by atoms with Crippen LogP contribution in [0.4, 0.5) is 0 Å². The molecule has 0 atom stereocenters. The van der Waals surface area contributed by atoms with E-state index in [0.29, 0.717) is 0 Å². The molecule has 48 valence electrons. The van der Waals surface area contributed by atoms with Crippen LogP contribution >= 0.6 is 0 Å². The van der Waals surface area contributed by atoms with E-state index in [1.807, 2.05) is 0 Å². The van der Waals surface area contributed by atoms with Gasteiger partial charge in [-0.1, -0.05) is 0 Å². The zero-order valence-electron chi connectivity index (χ0n) is 4.68. The zero-order chi connectivity index (χ0) is 6.57. The van der Waals surface area contributed by atoms with E-state index in [2.05, 4.69) is 0 Å². The third-order valence-electron chi connectivity index (χ3n) is 0.691. The molecule has 9 heavy (non-hydrogen) atoms. The van der Waals surface area contributed by atoms with Crippen molar-refractivity contribution in [2.75, 3.05) is 0 Å². The van der Waals surface area contributed by atoms with Gasteiger partial charge in [0.2, 0.25) is 0 Å². The van der Waals surface area contributed by atoms with Crippen LogP contribution in [0.1, 0.15) is 19.8 Å². The summed E-state index contributed by atoms with van der Waals surface area (Å²) in [5.41, 5.74) is 0. The summed E-state index contributed by atoms with van der Waals surface area (Å²) in [6, 6.07) is 0. The molecule has 4 heteroatoms. The van der Waals surface area contributed by atoms with Gasteiger partial charge in [-0.15, -0.1) is 0 Å². The minimum atomic E-state index is -0.916. The first kappa shape index (κ1) is 12.6. The average molecular weight is 203 g/mol. The molecular formula is C5H9O3Rb. The summed E-state index contributed by atoms with van der Waals surface area (Å²) in [5, 5.41) is 8.01. The molecular weight excluding hydrogens is 194 g/mol. The van der Waals surface area contributed by atoms with E-state index in [1.165, 1.54) is 6.92 Å². The Balaban J connectivity index is 0. The second kappa shape index (κ2) is 7.06. The van der Waals surface area contributed by atoms with Crippen molar-refractivity contribution in [2.24, 2.45) is 0 Å². The van der Waals surface area contributed by atoms with Gasteiger partial charge >= 0.3 is 64.2 Å². The molecule has 1 N–H and O–H groups in total. The van der Waals surface area contributed by atoms with E-state index < -0.39 is 5.97 Å². The molecule has 0 aromatic heterocycles. The monoisotopic (exact) mass is 202 g/mol. The Hall–Kier alpha value is 0.945. The summed E-state index contributed by atoms with van der Waals surface area (Å²) in [5.74, 6) is -0.993. The van der Waals surface area contributed by atoms with Gasteiger partial charge in [0.15, 0.2) is 0 Å². The normalized spacial score (nSPS) is 7.67. The number of carbonyl (C=O) groups is 2.